The van der Waals surface area contributed by atoms with Crippen molar-refractivity contribution in [2.24, 2.45) is 5.73 Å². The summed E-state index contributed by atoms with van der Waals surface area (Å²) in [6, 6.07) is 0.250. The van der Waals surface area contributed by atoms with Crippen molar-refractivity contribution in [3.63, 3.8) is 0 Å². The van der Waals surface area contributed by atoms with Gasteiger partial charge in [0.25, 0.3) is 0 Å². The molecule has 1 aromatic rings. The summed E-state index contributed by atoms with van der Waals surface area (Å²) >= 11 is 1.41. The topological polar surface area (TPSA) is 55.0 Å². The minimum absolute atomic E-state index is 0.250. The van der Waals surface area contributed by atoms with Crippen LogP contribution < -0.4 is 10.6 Å². The van der Waals surface area contributed by atoms with E-state index in [1.807, 2.05) is 14.0 Å². The molecule has 0 spiro atoms. The van der Waals surface area contributed by atoms with E-state index in [9.17, 15) is 0 Å². The van der Waals surface area contributed by atoms with Crippen LogP contribution in [0, 0.1) is 0 Å². The van der Waals surface area contributed by atoms with Crippen molar-refractivity contribution in [1.29, 1.82) is 0 Å². The minimum Gasteiger partial charge on any atom is -0.350 e. The molecule has 0 saturated heterocycles. The van der Waals surface area contributed by atoms with E-state index in [1.165, 1.54) is 11.5 Å². The third-order valence-electron chi connectivity index (χ3n) is 1.60. The summed E-state index contributed by atoms with van der Waals surface area (Å²) in [4.78, 5) is 6.16. The Kier molecular flexibility index (Phi) is 3.43. The third kappa shape index (κ3) is 2.75. The lowest BCUT2D eigenvalue weighted by atomic mass is 10.2. The first kappa shape index (κ1) is 9.41. The Bertz CT molecular complexity index is 209. The fourth-order valence-electron chi connectivity index (χ4n) is 0.828. The number of nitrogens with zero attached hydrogens (tertiary/aromatic N) is 3. The molecule has 0 bridgehead atoms. The molecule has 1 heterocycles. The van der Waals surface area contributed by atoms with Gasteiger partial charge < -0.3 is 10.6 Å². The Morgan fingerprint density at radius 1 is 1.75 bits per heavy atom. The van der Waals surface area contributed by atoms with Crippen molar-refractivity contribution >= 4 is 16.7 Å². The monoisotopic (exact) mass is 186 g/mol. The normalized spacial score (nSPS) is 12.9. The second-order valence-corrected chi connectivity index (χ2v) is 3.67. The van der Waals surface area contributed by atoms with E-state index < -0.39 is 0 Å². The molecule has 1 unspecified atom stereocenters. The molecule has 2 N–H and O–H groups in total. The molecule has 1 atom stereocenters. The van der Waals surface area contributed by atoms with Crippen LogP contribution in [0.2, 0.25) is 0 Å². The predicted octanol–water partition coefficient (Wildman–Crippen LogP) is 0.712. The standard InChI is InChI=1S/C7H14N4S/c1-6(8)3-4-11(2)7-9-5-10-12-7/h5-6H,3-4,8H2,1-2H3. The number of hydrogen-bond donors (Lipinski definition) is 1. The average molecular weight is 186 g/mol. The van der Waals surface area contributed by atoms with Crippen LogP contribution in [-0.2, 0) is 0 Å². The van der Waals surface area contributed by atoms with Gasteiger partial charge in [-0.25, -0.2) is 4.98 Å². The maximum Gasteiger partial charge on any atom is 0.204 e. The summed E-state index contributed by atoms with van der Waals surface area (Å²) in [5, 5.41) is 0.954. The molecule has 0 radical (unpaired) electrons. The van der Waals surface area contributed by atoms with E-state index in [1.54, 1.807) is 6.33 Å². The van der Waals surface area contributed by atoms with Gasteiger partial charge in [0.05, 0.1) is 0 Å². The van der Waals surface area contributed by atoms with E-state index in [-0.39, 0.29) is 6.04 Å². The summed E-state index contributed by atoms with van der Waals surface area (Å²) in [7, 11) is 2.00. The van der Waals surface area contributed by atoms with E-state index in [4.69, 9.17) is 5.73 Å². The van der Waals surface area contributed by atoms with Crippen LogP contribution in [0.4, 0.5) is 5.13 Å². The van der Waals surface area contributed by atoms with Gasteiger partial charge in [-0.15, -0.1) is 0 Å². The molecule has 68 valence electrons. The number of hydrogen-bond acceptors (Lipinski definition) is 5. The maximum atomic E-state index is 5.63. The van der Waals surface area contributed by atoms with Gasteiger partial charge >= 0.3 is 0 Å². The minimum atomic E-state index is 0.250. The summed E-state index contributed by atoms with van der Waals surface area (Å²) in [5.74, 6) is 0. The van der Waals surface area contributed by atoms with Crippen molar-refractivity contribution < 1.29 is 0 Å². The molecule has 5 heteroatoms. The molecule has 0 aliphatic heterocycles. The quantitative estimate of drug-likeness (QED) is 0.752. The lowest BCUT2D eigenvalue weighted by Gasteiger charge is -2.15. The summed E-state index contributed by atoms with van der Waals surface area (Å²) in [6.07, 6.45) is 2.55. The van der Waals surface area contributed by atoms with Gasteiger partial charge in [-0.1, -0.05) is 0 Å². The van der Waals surface area contributed by atoms with Crippen molar-refractivity contribution in [1.82, 2.24) is 9.36 Å². The number of aromatic nitrogens is 2. The van der Waals surface area contributed by atoms with Crippen molar-refractivity contribution in [2.45, 2.75) is 19.4 Å². The van der Waals surface area contributed by atoms with Crippen molar-refractivity contribution in [3.05, 3.63) is 6.33 Å². The molecule has 4 nitrogen and oxygen atoms in total. The lowest BCUT2D eigenvalue weighted by molar-refractivity contribution is 0.658. The molecular weight excluding hydrogens is 172 g/mol. The van der Waals surface area contributed by atoms with Crippen LogP contribution in [0.15, 0.2) is 6.33 Å². The molecule has 0 aliphatic carbocycles. The highest BCUT2D eigenvalue weighted by Gasteiger charge is 2.04. The van der Waals surface area contributed by atoms with E-state index >= 15 is 0 Å². The van der Waals surface area contributed by atoms with Gasteiger partial charge in [-0.05, 0) is 13.3 Å². The highest BCUT2D eigenvalue weighted by atomic mass is 32.1. The second-order valence-electron chi connectivity index (χ2n) is 2.91. The molecule has 0 aliphatic rings. The first-order valence-electron chi connectivity index (χ1n) is 3.93. The summed E-state index contributed by atoms with van der Waals surface area (Å²) in [5.41, 5.74) is 5.63. The largest absolute Gasteiger partial charge is 0.350 e. The number of anilines is 1. The second kappa shape index (κ2) is 4.37. The van der Waals surface area contributed by atoms with Gasteiger partial charge in [0.15, 0.2) is 0 Å². The van der Waals surface area contributed by atoms with Gasteiger partial charge in [0.1, 0.15) is 6.33 Å². The first-order valence-corrected chi connectivity index (χ1v) is 4.71. The zero-order valence-electron chi connectivity index (χ0n) is 7.40. The fourth-order valence-corrected chi connectivity index (χ4v) is 1.34. The smallest absolute Gasteiger partial charge is 0.204 e. The molecule has 12 heavy (non-hydrogen) atoms. The molecular formula is C7H14N4S. The van der Waals surface area contributed by atoms with Crippen LogP contribution in [0.1, 0.15) is 13.3 Å². The van der Waals surface area contributed by atoms with E-state index in [2.05, 4.69) is 14.3 Å². The fraction of sp³-hybridized carbons (Fsp3) is 0.714. The van der Waals surface area contributed by atoms with E-state index in [0.29, 0.717) is 0 Å². The summed E-state index contributed by atoms with van der Waals surface area (Å²) in [6.45, 7) is 2.95. The van der Waals surface area contributed by atoms with Crippen LogP contribution >= 0.6 is 11.5 Å². The van der Waals surface area contributed by atoms with Gasteiger partial charge in [-0.3, -0.25) is 0 Å². The molecule has 0 fully saturated rings. The van der Waals surface area contributed by atoms with Crippen molar-refractivity contribution in [3.8, 4) is 0 Å². The van der Waals surface area contributed by atoms with Crippen molar-refractivity contribution in [2.75, 3.05) is 18.5 Å². The lowest BCUT2D eigenvalue weighted by Crippen LogP contribution is -2.25. The van der Waals surface area contributed by atoms with Gasteiger partial charge in [-0.2, -0.15) is 4.37 Å². The van der Waals surface area contributed by atoms with Crippen LogP contribution in [-0.4, -0.2) is 29.0 Å². The van der Waals surface area contributed by atoms with Gasteiger partial charge in [0.2, 0.25) is 5.13 Å². The Morgan fingerprint density at radius 3 is 3.00 bits per heavy atom. The number of nitrogens with two attached hydrogens (primary N) is 1. The van der Waals surface area contributed by atoms with Crippen LogP contribution in [0.5, 0.6) is 0 Å². The highest BCUT2D eigenvalue weighted by Crippen LogP contribution is 2.12. The van der Waals surface area contributed by atoms with Crippen LogP contribution in [0.25, 0.3) is 0 Å². The molecule has 1 aromatic heterocycles. The van der Waals surface area contributed by atoms with E-state index in [0.717, 1.165) is 18.1 Å². The number of rotatable bonds is 4. The Labute approximate surface area is 76.6 Å². The first-order chi connectivity index (χ1) is 5.70. The Balaban J connectivity index is 2.34. The maximum absolute atomic E-state index is 5.63. The molecule has 0 saturated carbocycles. The zero-order valence-corrected chi connectivity index (χ0v) is 8.21. The third-order valence-corrected chi connectivity index (χ3v) is 2.38. The molecule has 1 rings (SSSR count). The van der Waals surface area contributed by atoms with Crippen LogP contribution in [0.3, 0.4) is 0 Å². The summed E-state index contributed by atoms with van der Waals surface area (Å²) < 4.78 is 3.93. The molecule has 0 amide bonds. The van der Waals surface area contributed by atoms with Gasteiger partial charge in [0, 0.05) is 31.2 Å². The zero-order chi connectivity index (χ0) is 8.97. The Morgan fingerprint density at radius 2 is 2.50 bits per heavy atom. The highest BCUT2D eigenvalue weighted by molar-refractivity contribution is 7.09. The average Bonchev–Trinajstić information content (AvgIpc) is 2.51. The SMILES string of the molecule is CC(N)CCN(C)c1ncns1. The Hall–Kier alpha value is -0.680. The predicted molar refractivity (Wildman–Crippen MR) is 51.4 cm³/mol. The molecule has 0 aromatic carbocycles.